The van der Waals surface area contributed by atoms with Gasteiger partial charge in [0, 0.05) is 11.8 Å². The second kappa shape index (κ2) is 5.77. The SMILES string of the molecule is C/C(=N/NC(=O)[C@H]1C=NNC1=O)c1cccc2ccccc12. The zero-order valence-electron chi connectivity index (χ0n) is 11.9. The minimum atomic E-state index is -0.927. The topological polar surface area (TPSA) is 82.9 Å². The zero-order valence-corrected chi connectivity index (χ0v) is 11.9. The number of carbonyl (C=O) groups is 2. The van der Waals surface area contributed by atoms with Gasteiger partial charge in [0.15, 0.2) is 5.92 Å². The molecule has 110 valence electrons. The van der Waals surface area contributed by atoms with E-state index in [0.717, 1.165) is 16.3 Å². The van der Waals surface area contributed by atoms with Crippen molar-refractivity contribution in [3.63, 3.8) is 0 Å². The summed E-state index contributed by atoms with van der Waals surface area (Å²) < 4.78 is 0. The largest absolute Gasteiger partial charge is 0.272 e. The smallest absolute Gasteiger partial charge is 0.258 e. The highest BCUT2D eigenvalue weighted by atomic mass is 16.2. The molecule has 22 heavy (non-hydrogen) atoms. The predicted molar refractivity (Wildman–Crippen MR) is 84.4 cm³/mol. The summed E-state index contributed by atoms with van der Waals surface area (Å²) in [6.45, 7) is 1.81. The molecule has 3 rings (SSSR count). The molecule has 0 spiro atoms. The number of rotatable bonds is 3. The first-order chi connectivity index (χ1) is 10.7. The molecule has 2 aromatic carbocycles. The fourth-order valence-electron chi connectivity index (χ4n) is 2.31. The van der Waals surface area contributed by atoms with E-state index in [1.807, 2.05) is 49.4 Å². The van der Waals surface area contributed by atoms with Gasteiger partial charge in [-0.05, 0) is 17.7 Å². The van der Waals surface area contributed by atoms with Crippen LogP contribution in [0.15, 0.2) is 52.7 Å². The first-order valence-electron chi connectivity index (χ1n) is 6.82. The van der Waals surface area contributed by atoms with Gasteiger partial charge in [-0.1, -0.05) is 42.5 Å². The summed E-state index contributed by atoms with van der Waals surface area (Å²) in [4.78, 5) is 23.2. The lowest BCUT2D eigenvalue weighted by Crippen LogP contribution is -2.34. The molecular weight excluding hydrogens is 280 g/mol. The van der Waals surface area contributed by atoms with Crippen LogP contribution in [0.3, 0.4) is 0 Å². The summed E-state index contributed by atoms with van der Waals surface area (Å²) in [7, 11) is 0. The third-order valence-corrected chi connectivity index (χ3v) is 3.48. The molecule has 2 aromatic rings. The maximum Gasteiger partial charge on any atom is 0.258 e. The second-order valence-corrected chi connectivity index (χ2v) is 4.93. The number of nitrogens with one attached hydrogen (secondary N) is 2. The Hall–Kier alpha value is -3.02. The monoisotopic (exact) mass is 294 g/mol. The van der Waals surface area contributed by atoms with E-state index >= 15 is 0 Å². The Bertz CT molecular complexity index is 805. The number of hydrazone groups is 2. The Morgan fingerprint density at radius 1 is 1.23 bits per heavy atom. The van der Waals surface area contributed by atoms with Crippen LogP contribution in [0.1, 0.15) is 12.5 Å². The van der Waals surface area contributed by atoms with E-state index in [-0.39, 0.29) is 0 Å². The summed E-state index contributed by atoms with van der Waals surface area (Å²) in [5, 5.41) is 9.81. The van der Waals surface area contributed by atoms with E-state index in [1.54, 1.807) is 0 Å². The van der Waals surface area contributed by atoms with Crippen LogP contribution in [0.25, 0.3) is 10.8 Å². The molecule has 1 aliphatic rings. The Morgan fingerprint density at radius 3 is 2.77 bits per heavy atom. The van der Waals surface area contributed by atoms with E-state index in [0.29, 0.717) is 5.71 Å². The van der Waals surface area contributed by atoms with E-state index in [4.69, 9.17) is 0 Å². The van der Waals surface area contributed by atoms with Gasteiger partial charge in [-0.25, -0.2) is 10.9 Å². The molecule has 0 fully saturated rings. The van der Waals surface area contributed by atoms with Crippen LogP contribution in [0.5, 0.6) is 0 Å². The van der Waals surface area contributed by atoms with Crippen LogP contribution in [0.2, 0.25) is 0 Å². The maximum absolute atomic E-state index is 11.9. The Balaban J connectivity index is 1.83. The standard InChI is InChI=1S/C16H14N4O2/c1-10(18-20-16(22)14-9-17-19-15(14)21)12-8-4-6-11-5-2-3-7-13(11)12/h2-9,14H,1H3,(H,19,21)(H,20,22)/b18-10-/t14-/m0/s1. The van der Waals surface area contributed by atoms with Crippen molar-refractivity contribution < 1.29 is 9.59 Å². The third-order valence-electron chi connectivity index (χ3n) is 3.48. The van der Waals surface area contributed by atoms with Crippen molar-refractivity contribution in [1.82, 2.24) is 10.9 Å². The van der Waals surface area contributed by atoms with Gasteiger partial charge in [0.1, 0.15) is 0 Å². The molecule has 2 amide bonds. The molecule has 0 saturated carbocycles. The average Bonchev–Trinajstić information content (AvgIpc) is 2.98. The Morgan fingerprint density at radius 2 is 2.00 bits per heavy atom. The van der Waals surface area contributed by atoms with Crippen molar-refractivity contribution in [2.45, 2.75) is 6.92 Å². The zero-order chi connectivity index (χ0) is 15.5. The first kappa shape index (κ1) is 13.9. The van der Waals surface area contributed by atoms with Crippen molar-refractivity contribution in [3.8, 4) is 0 Å². The third kappa shape index (κ3) is 2.58. The van der Waals surface area contributed by atoms with Crippen molar-refractivity contribution in [2.75, 3.05) is 0 Å². The van der Waals surface area contributed by atoms with Gasteiger partial charge in [-0.15, -0.1) is 0 Å². The lowest BCUT2D eigenvalue weighted by atomic mass is 10.0. The molecule has 1 atom stereocenters. The summed E-state index contributed by atoms with van der Waals surface area (Å²) >= 11 is 0. The highest BCUT2D eigenvalue weighted by molar-refractivity contribution is 6.15. The van der Waals surface area contributed by atoms with Gasteiger partial charge in [0.2, 0.25) is 0 Å². The molecular formula is C16H14N4O2. The van der Waals surface area contributed by atoms with Crippen LogP contribution < -0.4 is 10.9 Å². The molecule has 0 saturated heterocycles. The molecule has 0 unspecified atom stereocenters. The van der Waals surface area contributed by atoms with Crippen LogP contribution >= 0.6 is 0 Å². The van der Waals surface area contributed by atoms with Crippen LogP contribution in [-0.2, 0) is 9.59 Å². The van der Waals surface area contributed by atoms with Gasteiger partial charge in [0.05, 0.1) is 5.71 Å². The number of amides is 2. The first-order valence-corrected chi connectivity index (χ1v) is 6.82. The molecule has 0 radical (unpaired) electrons. The van der Waals surface area contributed by atoms with Crippen LogP contribution in [0.4, 0.5) is 0 Å². The number of hydrogen-bond donors (Lipinski definition) is 2. The lowest BCUT2D eigenvalue weighted by Gasteiger charge is -2.07. The van der Waals surface area contributed by atoms with Crippen LogP contribution in [0, 0.1) is 5.92 Å². The van der Waals surface area contributed by atoms with Crippen molar-refractivity contribution in [2.24, 2.45) is 16.1 Å². The van der Waals surface area contributed by atoms with E-state index in [2.05, 4.69) is 21.1 Å². The summed E-state index contributed by atoms with van der Waals surface area (Å²) in [6, 6.07) is 13.8. The number of hydrogen-bond acceptors (Lipinski definition) is 4. The summed E-state index contributed by atoms with van der Waals surface area (Å²) in [5.41, 5.74) is 6.23. The average molecular weight is 294 g/mol. The number of fused-ring (bicyclic) bond motifs is 1. The molecule has 0 bridgehead atoms. The fraction of sp³-hybridized carbons (Fsp3) is 0.125. The van der Waals surface area contributed by atoms with Gasteiger partial charge >= 0.3 is 0 Å². The highest BCUT2D eigenvalue weighted by Crippen LogP contribution is 2.19. The minimum absolute atomic E-state index is 0.449. The maximum atomic E-state index is 11.9. The molecule has 0 aromatic heterocycles. The number of nitrogens with zero attached hydrogens (tertiary/aromatic N) is 2. The second-order valence-electron chi connectivity index (χ2n) is 4.93. The Labute approximate surface area is 126 Å². The van der Waals surface area contributed by atoms with Crippen LogP contribution in [-0.4, -0.2) is 23.7 Å². The van der Waals surface area contributed by atoms with Gasteiger partial charge in [-0.2, -0.15) is 10.2 Å². The fourth-order valence-corrected chi connectivity index (χ4v) is 2.31. The summed E-state index contributed by atoms with van der Waals surface area (Å²) in [5.74, 6) is -1.88. The van der Waals surface area contributed by atoms with E-state index in [9.17, 15) is 9.59 Å². The molecule has 6 nitrogen and oxygen atoms in total. The van der Waals surface area contributed by atoms with Gasteiger partial charge in [-0.3, -0.25) is 9.59 Å². The molecule has 1 aliphatic heterocycles. The highest BCUT2D eigenvalue weighted by Gasteiger charge is 2.28. The van der Waals surface area contributed by atoms with Crippen molar-refractivity contribution >= 4 is 34.5 Å². The van der Waals surface area contributed by atoms with Gasteiger partial charge < -0.3 is 0 Å². The molecule has 2 N–H and O–H groups in total. The molecule has 6 heteroatoms. The minimum Gasteiger partial charge on any atom is -0.272 e. The lowest BCUT2D eigenvalue weighted by molar-refractivity contribution is -0.131. The van der Waals surface area contributed by atoms with Gasteiger partial charge in [0.25, 0.3) is 11.8 Å². The molecule has 1 heterocycles. The Kier molecular flexibility index (Phi) is 3.65. The molecule has 0 aliphatic carbocycles. The van der Waals surface area contributed by atoms with Crippen molar-refractivity contribution in [1.29, 1.82) is 0 Å². The number of benzene rings is 2. The quantitative estimate of drug-likeness (QED) is 0.510. The normalized spacial score (nSPS) is 17.6. The summed E-state index contributed by atoms with van der Waals surface area (Å²) in [6.07, 6.45) is 1.26. The predicted octanol–water partition coefficient (Wildman–Crippen LogP) is 1.41. The van der Waals surface area contributed by atoms with E-state index in [1.165, 1.54) is 6.21 Å². The van der Waals surface area contributed by atoms with Crippen molar-refractivity contribution in [3.05, 3.63) is 48.0 Å². The van der Waals surface area contributed by atoms with E-state index < -0.39 is 17.7 Å². The number of carbonyl (C=O) groups excluding carboxylic acids is 2.